The van der Waals surface area contributed by atoms with Gasteiger partial charge in [-0.05, 0) is 36.4 Å². The average Bonchev–Trinajstić information content (AvgIpc) is 2.48. The first kappa shape index (κ1) is 16.1. The molecule has 7 heteroatoms. The van der Waals surface area contributed by atoms with Gasteiger partial charge in [0.2, 0.25) is 0 Å². The van der Waals surface area contributed by atoms with Gasteiger partial charge in [-0.3, -0.25) is 0 Å². The Morgan fingerprint density at radius 2 is 1.71 bits per heavy atom. The predicted octanol–water partition coefficient (Wildman–Crippen LogP) is 2.04. The Hall–Kier alpha value is -1.28. The molecular weight excluding hydrogens is 354 g/mol. The molecule has 0 saturated carbocycles. The minimum Gasteiger partial charge on any atom is -0.316 e. The number of nitrogens with one attached hydrogen (secondary N) is 2. The smallest absolute Gasteiger partial charge is 0.258 e. The summed E-state index contributed by atoms with van der Waals surface area (Å²) in [5.74, 6) is 0. The number of rotatable bonds is 6. The molecule has 1 aromatic heterocycles. The van der Waals surface area contributed by atoms with Crippen molar-refractivity contribution in [3.8, 4) is 0 Å². The molecule has 0 radical (unpaired) electrons. The van der Waals surface area contributed by atoms with Gasteiger partial charge in [-0.25, -0.2) is 18.1 Å². The largest absolute Gasteiger partial charge is 0.316 e. The van der Waals surface area contributed by atoms with Crippen molar-refractivity contribution < 1.29 is 8.42 Å². The van der Waals surface area contributed by atoms with E-state index in [0.29, 0.717) is 6.54 Å². The molecule has 0 bridgehead atoms. The number of hydrogen-bond donors (Lipinski definition) is 2. The van der Waals surface area contributed by atoms with Gasteiger partial charge in [0.1, 0.15) is 0 Å². The summed E-state index contributed by atoms with van der Waals surface area (Å²) < 4.78 is 27.8. The van der Waals surface area contributed by atoms with E-state index in [1.807, 2.05) is 31.3 Å². The molecule has 5 nitrogen and oxygen atoms in total. The lowest BCUT2D eigenvalue weighted by atomic mass is 10.2. The zero-order valence-electron chi connectivity index (χ0n) is 11.5. The van der Waals surface area contributed by atoms with Gasteiger partial charge in [0.25, 0.3) is 10.0 Å². The fourth-order valence-corrected chi connectivity index (χ4v) is 2.94. The van der Waals surface area contributed by atoms with Gasteiger partial charge in [0, 0.05) is 23.8 Å². The van der Waals surface area contributed by atoms with Crippen molar-refractivity contribution in [3.05, 3.63) is 58.2 Å². The molecule has 1 aromatic carbocycles. The van der Waals surface area contributed by atoms with E-state index in [2.05, 4.69) is 31.0 Å². The topological polar surface area (TPSA) is 71.1 Å². The van der Waals surface area contributed by atoms with Gasteiger partial charge in [-0.15, -0.1) is 0 Å². The maximum absolute atomic E-state index is 12.1. The van der Waals surface area contributed by atoms with Gasteiger partial charge in [0.15, 0.2) is 5.03 Å². The van der Waals surface area contributed by atoms with Crippen LogP contribution in [0.25, 0.3) is 0 Å². The minimum atomic E-state index is -3.59. The van der Waals surface area contributed by atoms with Crippen molar-refractivity contribution >= 4 is 26.0 Å². The lowest BCUT2D eigenvalue weighted by molar-refractivity contribution is 0.577. The number of nitrogens with zero attached hydrogens (tertiary/aromatic N) is 1. The molecule has 0 atom stereocenters. The fourth-order valence-electron chi connectivity index (χ4n) is 1.73. The summed E-state index contributed by atoms with van der Waals surface area (Å²) in [7, 11) is -1.77. The molecule has 0 fully saturated rings. The summed E-state index contributed by atoms with van der Waals surface area (Å²) in [6, 6.07) is 10.7. The van der Waals surface area contributed by atoms with Crippen molar-refractivity contribution in [1.82, 2.24) is 15.0 Å². The molecule has 2 rings (SSSR count). The van der Waals surface area contributed by atoms with Crippen LogP contribution in [0.5, 0.6) is 0 Å². The first-order valence-electron chi connectivity index (χ1n) is 6.35. The normalized spacial score (nSPS) is 11.5. The second-order valence-corrected chi connectivity index (χ2v) is 7.12. The fraction of sp³-hybridized carbons (Fsp3) is 0.214. The Kier molecular flexibility index (Phi) is 5.46. The summed E-state index contributed by atoms with van der Waals surface area (Å²) in [4.78, 5) is 4.00. The van der Waals surface area contributed by atoms with Gasteiger partial charge in [0.05, 0.1) is 0 Å². The second kappa shape index (κ2) is 7.13. The first-order valence-corrected chi connectivity index (χ1v) is 8.62. The zero-order chi connectivity index (χ0) is 15.3. The Labute approximate surface area is 133 Å². The van der Waals surface area contributed by atoms with Crippen LogP contribution in [0.1, 0.15) is 11.1 Å². The second-order valence-electron chi connectivity index (χ2n) is 4.49. The maximum atomic E-state index is 12.1. The molecular formula is C14H16BrN3O2S. The molecule has 1 heterocycles. The van der Waals surface area contributed by atoms with Crippen LogP contribution in [0, 0.1) is 0 Å². The third-order valence-electron chi connectivity index (χ3n) is 2.83. The average molecular weight is 370 g/mol. The molecule has 0 aliphatic rings. The van der Waals surface area contributed by atoms with Crippen molar-refractivity contribution in [2.24, 2.45) is 0 Å². The minimum absolute atomic E-state index is 0.0273. The van der Waals surface area contributed by atoms with E-state index < -0.39 is 10.0 Å². The molecule has 0 aliphatic carbocycles. The number of hydrogen-bond acceptors (Lipinski definition) is 4. The lowest BCUT2D eigenvalue weighted by Crippen LogP contribution is -2.24. The quantitative estimate of drug-likeness (QED) is 0.817. The van der Waals surface area contributed by atoms with Gasteiger partial charge in [-0.1, -0.05) is 34.1 Å². The molecule has 112 valence electrons. The summed E-state index contributed by atoms with van der Waals surface area (Å²) in [5, 5.41) is 3.01. The third kappa shape index (κ3) is 4.60. The van der Waals surface area contributed by atoms with E-state index in [4.69, 9.17) is 0 Å². The third-order valence-corrected chi connectivity index (χ3v) is 4.68. The van der Waals surface area contributed by atoms with Crippen LogP contribution in [-0.4, -0.2) is 20.4 Å². The molecule has 0 spiro atoms. The predicted molar refractivity (Wildman–Crippen MR) is 85.2 cm³/mol. The van der Waals surface area contributed by atoms with Gasteiger partial charge >= 0.3 is 0 Å². The van der Waals surface area contributed by atoms with Crippen LogP contribution in [-0.2, 0) is 23.1 Å². The lowest BCUT2D eigenvalue weighted by Gasteiger charge is -2.07. The first-order chi connectivity index (χ1) is 10.0. The van der Waals surface area contributed by atoms with Crippen LogP contribution in [0.2, 0.25) is 0 Å². The van der Waals surface area contributed by atoms with Crippen molar-refractivity contribution in [3.63, 3.8) is 0 Å². The number of aromatic nitrogens is 1. The van der Waals surface area contributed by atoms with Crippen LogP contribution in [0.3, 0.4) is 0 Å². The highest BCUT2D eigenvalue weighted by Gasteiger charge is 2.15. The van der Waals surface area contributed by atoms with Crippen molar-refractivity contribution in [2.45, 2.75) is 18.1 Å². The van der Waals surface area contributed by atoms with Crippen LogP contribution < -0.4 is 10.0 Å². The van der Waals surface area contributed by atoms with E-state index in [1.54, 1.807) is 12.3 Å². The zero-order valence-corrected chi connectivity index (χ0v) is 13.9. The van der Waals surface area contributed by atoms with Crippen molar-refractivity contribution in [1.29, 1.82) is 0 Å². The summed E-state index contributed by atoms with van der Waals surface area (Å²) in [5.41, 5.74) is 1.82. The maximum Gasteiger partial charge on any atom is 0.258 e. The van der Waals surface area contributed by atoms with E-state index in [1.165, 1.54) is 6.07 Å². The molecule has 0 amide bonds. The molecule has 2 aromatic rings. The van der Waals surface area contributed by atoms with Crippen LogP contribution in [0.15, 0.2) is 52.1 Å². The van der Waals surface area contributed by atoms with E-state index in [9.17, 15) is 8.42 Å². The molecule has 0 aliphatic heterocycles. The van der Waals surface area contributed by atoms with Gasteiger partial charge < -0.3 is 5.32 Å². The van der Waals surface area contributed by atoms with E-state index >= 15 is 0 Å². The highest BCUT2D eigenvalue weighted by atomic mass is 79.9. The molecule has 2 N–H and O–H groups in total. The standard InChI is InChI=1S/C14H16BrN3O2S/c1-16-8-12-4-7-14(17-9-12)21(19,20)18-10-11-2-5-13(15)6-3-11/h2-7,9,16,18H,8,10H2,1H3. The summed E-state index contributed by atoms with van der Waals surface area (Å²) in [6.07, 6.45) is 1.56. The molecule has 21 heavy (non-hydrogen) atoms. The Balaban J connectivity index is 2.05. The highest BCUT2D eigenvalue weighted by Crippen LogP contribution is 2.12. The van der Waals surface area contributed by atoms with Crippen LogP contribution in [0.4, 0.5) is 0 Å². The number of sulfonamides is 1. The number of benzene rings is 1. The summed E-state index contributed by atoms with van der Waals surface area (Å²) in [6.45, 7) is 0.884. The molecule has 0 saturated heterocycles. The SMILES string of the molecule is CNCc1ccc(S(=O)(=O)NCc2ccc(Br)cc2)nc1. The molecule has 0 unspecified atom stereocenters. The number of halogens is 1. The Morgan fingerprint density at radius 1 is 1.05 bits per heavy atom. The van der Waals surface area contributed by atoms with Crippen molar-refractivity contribution in [2.75, 3.05) is 7.05 Å². The number of pyridine rings is 1. The monoisotopic (exact) mass is 369 g/mol. The van der Waals surface area contributed by atoms with Gasteiger partial charge in [-0.2, -0.15) is 0 Å². The van der Waals surface area contributed by atoms with E-state index in [0.717, 1.165) is 15.6 Å². The Bertz CT molecular complexity index is 685. The Morgan fingerprint density at radius 3 is 2.29 bits per heavy atom. The summed E-state index contributed by atoms with van der Waals surface area (Å²) >= 11 is 3.34. The van der Waals surface area contributed by atoms with Crippen LogP contribution >= 0.6 is 15.9 Å². The van der Waals surface area contributed by atoms with E-state index in [-0.39, 0.29) is 11.6 Å². The highest BCUT2D eigenvalue weighted by molar-refractivity contribution is 9.10.